The van der Waals surface area contributed by atoms with E-state index in [1.165, 1.54) is 6.26 Å². The molecule has 1 amide bonds. The summed E-state index contributed by atoms with van der Waals surface area (Å²) in [4.78, 5) is 12.2. The molecule has 2 aromatic carbocycles. The van der Waals surface area contributed by atoms with E-state index in [4.69, 9.17) is 13.9 Å². The quantitative estimate of drug-likeness (QED) is 0.557. The van der Waals surface area contributed by atoms with E-state index in [1.54, 1.807) is 26.4 Å². The van der Waals surface area contributed by atoms with Crippen molar-refractivity contribution in [2.24, 2.45) is 0 Å². The van der Waals surface area contributed by atoms with Crippen LogP contribution in [0.2, 0.25) is 0 Å². The number of amides is 1. The fourth-order valence-electron chi connectivity index (χ4n) is 2.90. The maximum absolute atomic E-state index is 12.2. The van der Waals surface area contributed by atoms with E-state index in [9.17, 15) is 4.79 Å². The van der Waals surface area contributed by atoms with Crippen LogP contribution < -0.4 is 14.8 Å². The van der Waals surface area contributed by atoms with Crippen LogP contribution in [0.1, 0.15) is 10.6 Å². The summed E-state index contributed by atoms with van der Waals surface area (Å²) in [7, 11) is 3.24. The Morgan fingerprint density at radius 3 is 2.74 bits per heavy atom. The first-order chi connectivity index (χ1) is 13.2. The van der Waals surface area contributed by atoms with Crippen molar-refractivity contribution in [1.82, 2.24) is 10.2 Å². The number of anilines is 1. The number of hydrogen-bond acceptors (Lipinski definition) is 5. The Balaban J connectivity index is 1.67. The van der Waals surface area contributed by atoms with Gasteiger partial charge >= 0.3 is 0 Å². The van der Waals surface area contributed by atoms with E-state index in [0.717, 1.165) is 27.8 Å². The minimum absolute atomic E-state index is 0.228. The average molecular weight is 363 g/mol. The lowest BCUT2D eigenvalue weighted by molar-refractivity contribution is 0.0996. The summed E-state index contributed by atoms with van der Waals surface area (Å²) in [5, 5.41) is 10.7. The molecule has 0 aliphatic rings. The fraction of sp³-hybridized carbons (Fsp3) is 0.100. The van der Waals surface area contributed by atoms with Crippen LogP contribution in [0.25, 0.3) is 22.0 Å². The van der Waals surface area contributed by atoms with Crippen LogP contribution in [0, 0.1) is 0 Å². The Morgan fingerprint density at radius 2 is 2.00 bits per heavy atom. The molecule has 0 saturated heterocycles. The van der Waals surface area contributed by atoms with Gasteiger partial charge < -0.3 is 19.2 Å². The first-order valence-electron chi connectivity index (χ1n) is 8.25. The molecule has 4 aromatic rings. The number of hydrogen-bond donors (Lipinski definition) is 2. The van der Waals surface area contributed by atoms with Gasteiger partial charge in [0.05, 0.1) is 26.0 Å². The molecule has 0 fully saturated rings. The molecule has 0 aliphatic carbocycles. The highest BCUT2D eigenvalue weighted by atomic mass is 16.5. The van der Waals surface area contributed by atoms with Crippen LogP contribution in [0.15, 0.2) is 59.2 Å². The summed E-state index contributed by atoms with van der Waals surface area (Å²) >= 11 is 0. The van der Waals surface area contributed by atoms with Crippen LogP contribution in [-0.4, -0.2) is 30.3 Å². The number of carbonyl (C=O) groups is 1. The van der Waals surface area contributed by atoms with Crippen molar-refractivity contribution in [3.05, 3.63) is 60.6 Å². The van der Waals surface area contributed by atoms with E-state index >= 15 is 0 Å². The van der Waals surface area contributed by atoms with Crippen LogP contribution in [0.3, 0.4) is 0 Å². The number of methoxy groups -OCH3 is 2. The predicted molar refractivity (Wildman–Crippen MR) is 101 cm³/mol. The van der Waals surface area contributed by atoms with Crippen molar-refractivity contribution in [3.63, 3.8) is 0 Å². The monoisotopic (exact) mass is 363 g/mol. The van der Waals surface area contributed by atoms with Crippen molar-refractivity contribution in [2.75, 3.05) is 19.5 Å². The topological polar surface area (TPSA) is 89.4 Å². The lowest BCUT2D eigenvalue weighted by Gasteiger charge is -2.10. The van der Waals surface area contributed by atoms with Gasteiger partial charge in [-0.05, 0) is 42.0 Å². The third kappa shape index (κ3) is 3.10. The molecule has 2 aromatic heterocycles. The Morgan fingerprint density at radius 1 is 1.11 bits per heavy atom. The molecule has 27 heavy (non-hydrogen) atoms. The Kier molecular flexibility index (Phi) is 4.25. The molecule has 0 saturated carbocycles. The molecule has 0 spiro atoms. The zero-order valence-electron chi connectivity index (χ0n) is 14.8. The number of aromatic nitrogens is 2. The highest BCUT2D eigenvalue weighted by Crippen LogP contribution is 2.35. The van der Waals surface area contributed by atoms with E-state index in [-0.39, 0.29) is 11.7 Å². The van der Waals surface area contributed by atoms with Gasteiger partial charge in [-0.1, -0.05) is 6.07 Å². The number of ether oxygens (including phenoxy) is 2. The second kappa shape index (κ2) is 6.87. The van der Waals surface area contributed by atoms with Gasteiger partial charge in [0.1, 0.15) is 11.5 Å². The van der Waals surface area contributed by atoms with Gasteiger partial charge in [-0.3, -0.25) is 9.89 Å². The predicted octanol–water partition coefficient (Wildman–Crippen LogP) is 4.09. The maximum Gasteiger partial charge on any atom is 0.292 e. The summed E-state index contributed by atoms with van der Waals surface area (Å²) in [6.45, 7) is 0. The number of nitrogens with one attached hydrogen (secondary N) is 2. The van der Waals surface area contributed by atoms with Crippen LogP contribution >= 0.6 is 0 Å². The number of carbonyl (C=O) groups excluding carboxylic acids is 1. The van der Waals surface area contributed by atoms with E-state index < -0.39 is 0 Å². The van der Waals surface area contributed by atoms with E-state index in [0.29, 0.717) is 11.6 Å². The molecule has 0 bridgehead atoms. The Labute approximate surface area is 154 Å². The second-order valence-corrected chi connectivity index (χ2v) is 5.83. The first-order valence-corrected chi connectivity index (χ1v) is 8.25. The van der Waals surface area contributed by atoms with Gasteiger partial charge in [0, 0.05) is 17.0 Å². The Bertz CT molecular complexity index is 1100. The van der Waals surface area contributed by atoms with E-state index in [1.807, 2.05) is 36.4 Å². The summed E-state index contributed by atoms with van der Waals surface area (Å²) in [6.07, 6.45) is 1.45. The third-order valence-corrected chi connectivity index (χ3v) is 4.26. The molecular weight excluding hydrogens is 346 g/mol. The zero-order valence-corrected chi connectivity index (χ0v) is 14.8. The summed E-state index contributed by atoms with van der Waals surface area (Å²) < 4.78 is 15.8. The van der Waals surface area contributed by atoms with Gasteiger partial charge in [0.2, 0.25) is 0 Å². The van der Waals surface area contributed by atoms with Crippen molar-refractivity contribution in [1.29, 1.82) is 0 Å². The normalized spacial score (nSPS) is 10.7. The van der Waals surface area contributed by atoms with Gasteiger partial charge in [-0.15, -0.1) is 0 Å². The maximum atomic E-state index is 12.2. The fourth-order valence-corrected chi connectivity index (χ4v) is 2.90. The van der Waals surface area contributed by atoms with Crippen molar-refractivity contribution in [2.45, 2.75) is 0 Å². The minimum atomic E-state index is -0.352. The standard InChI is InChI=1S/C20H17N3O4/c1-25-13-6-8-14(18(11-13)26-2)12-5-7-15-16(10-12)22-23-19(15)21-20(24)17-4-3-9-27-17/h3-11H,1-2H3,(H2,21,22,23,24). The number of fused-ring (bicyclic) bond motifs is 1. The van der Waals surface area contributed by atoms with Gasteiger partial charge in [-0.2, -0.15) is 5.10 Å². The largest absolute Gasteiger partial charge is 0.497 e. The highest BCUT2D eigenvalue weighted by Gasteiger charge is 2.14. The molecule has 0 radical (unpaired) electrons. The van der Waals surface area contributed by atoms with Crippen LogP contribution in [-0.2, 0) is 0 Å². The van der Waals surface area contributed by atoms with Crippen LogP contribution in [0.4, 0.5) is 5.82 Å². The molecule has 2 heterocycles. The van der Waals surface area contributed by atoms with E-state index in [2.05, 4.69) is 15.5 Å². The lowest BCUT2D eigenvalue weighted by Crippen LogP contribution is -2.11. The lowest BCUT2D eigenvalue weighted by atomic mass is 10.0. The number of aromatic amines is 1. The molecule has 0 unspecified atom stereocenters. The van der Waals surface area contributed by atoms with Gasteiger partial charge in [0.25, 0.3) is 5.91 Å². The minimum Gasteiger partial charge on any atom is -0.497 e. The molecule has 7 heteroatoms. The smallest absolute Gasteiger partial charge is 0.292 e. The zero-order chi connectivity index (χ0) is 18.8. The summed E-state index contributed by atoms with van der Waals surface area (Å²) in [5.41, 5.74) is 2.67. The second-order valence-electron chi connectivity index (χ2n) is 5.83. The number of nitrogens with zero attached hydrogens (tertiary/aromatic N) is 1. The molecule has 0 aliphatic heterocycles. The number of rotatable bonds is 5. The van der Waals surface area contributed by atoms with Crippen LogP contribution in [0.5, 0.6) is 11.5 Å². The summed E-state index contributed by atoms with van der Waals surface area (Å²) in [5.74, 6) is 1.75. The van der Waals surface area contributed by atoms with Crippen molar-refractivity contribution >= 4 is 22.6 Å². The molecule has 0 atom stereocenters. The number of furan rings is 1. The molecule has 2 N–H and O–H groups in total. The molecule has 4 rings (SSSR count). The SMILES string of the molecule is COc1ccc(-c2ccc3c(NC(=O)c4ccco4)n[nH]c3c2)c(OC)c1. The summed E-state index contributed by atoms with van der Waals surface area (Å²) in [6, 6.07) is 14.7. The highest BCUT2D eigenvalue weighted by molar-refractivity contribution is 6.06. The molecule has 136 valence electrons. The number of H-pyrrole nitrogens is 1. The van der Waals surface area contributed by atoms with Crippen molar-refractivity contribution < 1.29 is 18.7 Å². The Hall–Kier alpha value is -3.74. The molecular formula is C20H17N3O4. The average Bonchev–Trinajstić information content (AvgIpc) is 3.37. The van der Waals surface area contributed by atoms with Crippen molar-refractivity contribution in [3.8, 4) is 22.6 Å². The number of benzene rings is 2. The molecule has 7 nitrogen and oxygen atoms in total. The van der Waals surface area contributed by atoms with Gasteiger partial charge in [0.15, 0.2) is 11.6 Å². The third-order valence-electron chi connectivity index (χ3n) is 4.26. The van der Waals surface area contributed by atoms with Gasteiger partial charge in [-0.25, -0.2) is 0 Å². The first kappa shape index (κ1) is 16.7.